The Bertz CT molecular complexity index is 596. The van der Waals surface area contributed by atoms with Gasteiger partial charge in [0.25, 0.3) is 0 Å². The average Bonchev–Trinajstić information content (AvgIpc) is 2.47. The van der Waals surface area contributed by atoms with Crippen LogP contribution in [0.25, 0.3) is 10.8 Å². The third-order valence-electron chi connectivity index (χ3n) is 3.42. The van der Waals surface area contributed by atoms with Gasteiger partial charge in [-0.25, -0.2) is 0 Å². The minimum absolute atomic E-state index is 0.139. The van der Waals surface area contributed by atoms with Crippen LogP contribution in [0.15, 0.2) is 55.1 Å². The highest BCUT2D eigenvalue weighted by Gasteiger charge is 2.19. The van der Waals surface area contributed by atoms with Crippen molar-refractivity contribution in [3.05, 3.63) is 60.7 Å². The van der Waals surface area contributed by atoms with Crippen molar-refractivity contribution in [1.29, 1.82) is 0 Å². The Morgan fingerprint density at radius 1 is 1.25 bits per heavy atom. The molecule has 1 atom stereocenters. The molecule has 2 rings (SSSR count). The first-order chi connectivity index (χ1) is 9.76. The first-order valence-corrected chi connectivity index (χ1v) is 7.00. The molecule has 0 saturated heterocycles. The summed E-state index contributed by atoms with van der Waals surface area (Å²) < 4.78 is 5.15. The van der Waals surface area contributed by atoms with Crippen LogP contribution in [0.1, 0.15) is 18.9 Å². The van der Waals surface area contributed by atoms with Crippen LogP contribution in [0, 0.1) is 5.92 Å². The van der Waals surface area contributed by atoms with E-state index in [9.17, 15) is 4.79 Å². The van der Waals surface area contributed by atoms with Crippen LogP contribution < -0.4 is 0 Å². The minimum Gasteiger partial charge on any atom is -0.466 e. The molecule has 0 amide bonds. The van der Waals surface area contributed by atoms with Crippen LogP contribution in [-0.2, 0) is 16.0 Å². The number of hydrogen-bond acceptors (Lipinski definition) is 2. The van der Waals surface area contributed by atoms with Gasteiger partial charge >= 0.3 is 5.97 Å². The number of carbonyl (C=O) groups excluding carboxylic acids is 1. The highest BCUT2D eigenvalue weighted by molar-refractivity contribution is 5.86. The van der Waals surface area contributed by atoms with Crippen LogP contribution in [0.3, 0.4) is 0 Å². The van der Waals surface area contributed by atoms with Gasteiger partial charge in [-0.05, 0) is 36.1 Å². The predicted octanol–water partition coefficient (Wildman–Crippen LogP) is 4.14. The summed E-state index contributed by atoms with van der Waals surface area (Å²) in [6, 6.07) is 14.4. The fourth-order valence-corrected chi connectivity index (χ4v) is 2.46. The molecule has 0 spiro atoms. The van der Waals surface area contributed by atoms with E-state index in [4.69, 9.17) is 4.74 Å². The fraction of sp³-hybridized carbons (Fsp3) is 0.278. The summed E-state index contributed by atoms with van der Waals surface area (Å²) in [5.74, 6) is -0.293. The smallest absolute Gasteiger partial charge is 0.309 e. The molecule has 0 aromatic heterocycles. The van der Waals surface area contributed by atoms with Gasteiger partial charge in [0, 0.05) is 0 Å². The van der Waals surface area contributed by atoms with Crippen molar-refractivity contribution in [3.63, 3.8) is 0 Å². The minimum atomic E-state index is -0.154. The van der Waals surface area contributed by atoms with Gasteiger partial charge in [0.15, 0.2) is 0 Å². The Morgan fingerprint density at radius 3 is 2.75 bits per heavy atom. The second kappa shape index (κ2) is 6.90. The van der Waals surface area contributed by atoms with Crippen molar-refractivity contribution >= 4 is 16.7 Å². The maximum absolute atomic E-state index is 12.0. The van der Waals surface area contributed by atoms with Crippen LogP contribution >= 0.6 is 0 Å². The number of rotatable bonds is 6. The van der Waals surface area contributed by atoms with Gasteiger partial charge in [-0.1, -0.05) is 48.5 Å². The molecule has 0 aliphatic rings. The zero-order valence-electron chi connectivity index (χ0n) is 11.8. The second-order valence-electron chi connectivity index (χ2n) is 4.82. The van der Waals surface area contributed by atoms with Gasteiger partial charge in [-0.3, -0.25) is 4.79 Å². The van der Waals surface area contributed by atoms with Crippen LogP contribution in [-0.4, -0.2) is 12.6 Å². The number of hydrogen-bond donors (Lipinski definition) is 0. The zero-order valence-corrected chi connectivity index (χ0v) is 11.8. The normalized spacial score (nSPS) is 12.1. The van der Waals surface area contributed by atoms with Crippen molar-refractivity contribution in [1.82, 2.24) is 0 Å². The van der Waals surface area contributed by atoms with Gasteiger partial charge in [0.2, 0.25) is 0 Å². The first-order valence-electron chi connectivity index (χ1n) is 7.00. The predicted molar refractivity (Wildman–Crippen MR) is 82.6 cm³/mol. The van der Waals surface area contributed by atoms with Crippen molar-refractivity contribution in [2.24, 2.45) is 5.92 Å². The van der Waals surface area contributed by atoms with Crippen molar-refractivity contribution in [2.45, 2.75) is 19.8 Å². The highest BCUT2D eigenvalue weighted by atomic mass is 16.5. The van der Waals surface area contributed by atoms with E-state index in [1.807, 2.05) is 25.1 Å². The second-order valence-corrected chi connectivity index (χ2v) is 4.82. The summed E-state index contributed by atoms with van der Waals surface area (Å²) in [6.07, 6.45) is 3.11. The molecule has 0 aliphatic carbocycles. The SMILES string of the molecule is C=CC[C@H](Cc1cccc2ccccc12)C(=O)OCC. The maximum atomic E-state index is 12.0. The van der Waals surface area contributed by atoms with E-state index in [1.165, 1.54) is 16.3 Å². The molecule has 0 heterocycles. The maximum Gasteiger partial charge on any atom is 0.309 e. The molecule has 0 fully saturated rings. The third-order valence-corrected chi connectivity index (χ3v) is 3.42. The van der Waals surface area contributed by atoms with Gasteiger partial charge in [0.1, 0.15) is 0 Å². The molecule has 2 heteroatoms. The lowest BCUT2D eigenvalue weighted by atomic mass is 9.93. The topological polar surface area (TPSA) is 26.3 Å². The van der Waals surface area contributed by atoms with E-state index in [2.05, 4.69) is 30.8 Å². The van der Waals surface area contributed by atoms with Gasteiger partial charge in [-0.2, -0.15) is 0 Å². The highest BCUT2D eigenvalue weighted by Crippen LogP contribution is 2.23. The Labute approximate surface area is 120 Å². The molecule has 0 aliphatic heterocycles. The van der Waals surface area contributed by atoms with Crippen molar-refractivity contribution in [2.75, 3.05) is 6.61 Å². The Morgan fingerprint density at radius 2 is 2.00 bits per heavy atom. The molecule has 20 heavy (non-hydrogen) atoms. The van der Waals surface area contributed by atoms with E-state index >= 15 is 0 Å². The molecule has 0 unspecified atom stereocenters. The lowest BCUT2D eigenvalue weighted by molar-refractivity contribution is -0.147. The summed E-state index contributed by atoms with van der Waals surface area (Å²) in [5.41, 5.74) is 1.18. The van der Waals surface area contributed by atoms with E-state index in [0.717, 1.165) is 0 Å². The van der Waals surface area contributed by atoms with Crippen molar-refractivity contribution < 1.29 is 9.53 Å². The molecule has 2 aromatic carbocycles. The summed E-state index contributed by atoms with van der Waals surface area (Å²) in [4.78, 5) is 12.0. The average molecular weight is 268 g/mol. The largest absolute Gasteiger partial charge is 0.466 e. The van der Waals surface area contributed by atoms with Gasteiger partial charge in [-0.15, -0.1) is 6.58 Å². The summed E-state index contributed by atoms with van der Waals surface area (Å²) in [5, 5.41) is 2.40. The fourth-order valence-electron chi connectivity index (χ4n) is 2.46. The summed E-state index contributed by atoms with van der Waals surface area (Å²) >= 11 is 0. The molecular weight excluding hydrogens is 248 g/mol. The molecule has 2 aromatic rings. The zero-order chi connectivity index (χ0) is 14.4. The van der Waals surface area contributed by atoms with E-state index in [-0.39, 0.29) is 11.9 Å². The standard InChI is InChI=1S/C18H20O2/c1-3-8-16(18(19)20-4-2)13-15-11-7-10-14-9-5-6-12-17(14)15/h3,5-7,9-12,16H,1,4,8,13H2,2H3/t16-/m1/s1. The number of carbonyl (C=O) groups is 1. The molecule has 2 nitrogen and oxygen atoms in total. The summed E-state index contributed by atoms with van der Waals surface area (Å²) in [6.45, 7) is 5.99. The number of allylic oxidation sites excluding steroid dienone is 1. The molecule has 0 N–H and O–H groups in total. The molecule has 0 saturated carbocycles. The van der Waals surface area contributed by atoms with Crippen LogP contribution in [0.2, 0.25) is 0 Å². The van der Waals surface area contributed by atoms with E-state index < -0.39 is 0 Å². The van der Waals surface area contributed by atoms with Gasteiger partial charge < -0.3 is 4.74 Å². The molecular formula is C18H20O2. The number of esters is 1. The van der Waals surface area contributed by atoms with E-state index in [0.29, 0.717) is 19.4 Å². The monoisotopic (exact) mass is 268 g/mol. The Kier molecular flexibility index (Phi) is 4.94. The van der Waals surface area contributed by atoms with Gasteiger partial charge in [0.05, 0.1) is 12.5 Å². The number of ether oxygens (including phenoxy) is 1. The quantitative estimate of drug-likeness (QED) is 0.581. The molecule has 0 radical (unpaired) electrons. The lowest BCUT2D eigenvalue weighted by Gasteiger charge is -2.15. The van der Waals surface area contributed by atoms with Crippen molar-refractivity contribution in [3.8, 4) is 0 Å². The lowest BCUT2D eigenvalue weighted by Crippen LogP contribution is -2.19. The summed E-state index contributed by atoms with van der Waals surface area (Å²) in [7, 11) is 0. The third kappa shape index (κ3) is 3.27. The molecule has 0 bridgehead atoms. The van der Waals surface area contributed by atoms with Crippen LogP contribution in [0.4, 0.5) is 0 Å². The Balaban J connectivity index is 2.28. The number of fused-ring (bicyclic) bond motifs is 1. The molecule has 104 valence electrons. The van der Waals surface area contributed by atoms with E-state index in [1.54, 1.807) is 6.08 Å². The van der Waals surface area contributed by atoms with Crippen LogP contribution in [0.5, 0.6) is 0 Å². The number of benzene rings is 2. The first kappa shape index (κ1) is 14.3. The Hall–Kier alpha value is -2.09.